The molecule has 0 radical (unpaired) electrons. The van der Waals surface area contributed by atoms with Crippen LogP contribution in [0.25, 0.3) is 0 Å². The Labute approximate surface area is 146 Å². The molecule has 0 atom stereocenters. The first-order valence-electron chi connectivity index (χ1n) is 7.79. The number of benzene rings is 1. The Kier molecular flexibility index (Phi) is 5.62. The van der Waals surface area contributed by atoms with Gasteiger partial charge in [-0.1, -0.05) is 32.0 Å². The Morgan fingerprint density at radius 3 is 2.88 bits per heavy atom. The second kappa shape index (κ2) is 7.32. The standard InChI is InChI=1S/C17H21FN4O.ClH/c1-17(2,12-5-3-4-6-13(12)18)10-20-16(23)15-11-9-19-8-7-14(11)21-22-15;/h3-6,19H,7-10H2,1-2H3,(H,20,23)(H,21,22);1H. The minimum atomic E-state index is -0.504. The van der Waals surface area contributed by atoms with E-state index in [1.54, 1.807) is 18.2 Å². The quantitative estimate of drug-likeness (QED) is 0.791. The van der Waals surface area contributed by atoms with Gasteiger partial charge in [0, 0.05) is 42.7 Å². The van der Waals surface area contributed by atoms with E-state index >= 15 is 0 Å². The molecule has 2 aromatic rings. The molecule has 130 valence electrons. The van der Waals surface area contributed by atoms with Crippen molar-refractivity contribution in [1.82, 2.24) is 20.8 Å². The first kappa shape index (κ1) is 18.4. The number of amides is 1. The first-order chi connectivity index (χ1) is 11.0. The van der Waals surface area contributed by atoms with Crippen molar-refractivity contribution >= 4 is 18.3 Å². The highest BCUT2D eigenvalue weighted by Gasteiger charge is 2.27. The topological polar surface area (TPSA) is 69.8 Å². The summed E-state index contributed by atoms with van der Waals surface area (Å²) in [5.74, 6) is -0.483. The number of H-pyrrole nitrogens is 1. The number of carbonyl (C=O) groups is 1. The van der Waals surface area contributed by atoms with Gasteiger partial charge in [-0.3, -0.25) is 9.89 Å². The molecule has 0 unspecified atom stereocenters. The van der Waals surface area contributed by atoms with Crippen molar-refractivity contribution in [3.05, 3.63) is 52.6 Å². The van der Waals surface area contributed by atoms with Crippen LogP contribution in [0.4, 0.5) is 4.39 Å². The molecule has 1 aliphatic rings. The minimum absolute atomic E-state index is 0. The number of aromatic nitrogens is 2. The number of fused-ring (bicyclic) bond motifs is 1. The van der Waals surface area contributed by atoms with Gasteiger partial charge in [0.2, 0.25) is 0 Å². The predicted molar refractivity (Wildman–Crippen MR) is 93.0 cm³/mol. The van der Waals surface area contributed by atoms with Crippen LogP contribution in [0.3, 0.4) is 0 Å². The van der Waals surface area contributed by atoms with Crippen LogP contribution in [0.15, 0.2) is 24.3 Å². The molecule has 0 saturated carbocycles. The van der Waals surface area contributed by atoms with Crippen molar-refractivity contribution in [3.8, 4) is 0 Å². The van der Waals surface area contributed by atoms with Crippen LogP contribution in [0.1, 0.15) is 41.2 Å². The van der Waals surface area contributed by atoms with Crippen LogP contribution >= 0.6 is 12.4 Å². The highest BCUT2D eigenvalue weighted by Crippen LogP contribution is 2.25. The van der Waals surface area contributed by atoms with E-state index in [0.717, 1.165) is 24.2 Å². The van der Waals surface area contributed by atoms with E-state index in [0.29, 0.717) is 24.3 Å². The van der Waals surface area contributed by atoms with Crippen molar-refractivity contribution in [2.24, 2.45) is 0 Å². The highest BCUT2D eigenvalue weighted by atomic mass is 35.5. The van der Waals surface area contributed by atoms with Crippen LogP contribution in [0.2, 0.25) is 0 Å². The fourth-order valence-electron chi connectivity index (χ4n) is 2.90. The largest absolute Gasteiger partial charge is 0.350 e. The molecule has 1 aromatic carbocycles. The molecule has 3 rings (SSSR count). The van der Waals surface area contributed by atoms with E-state index in [4.69, 9.17) is 0 Å². The Balaban J connectivity index is 0.00000208. The predicted octanol–water partition coefficient (Wildman–Crippen LogP) is 2.32. The molecular formula is C17H22ClFN4O. The zero-order valence-corrected chi connectivity index (χ0v) is 14.6. The summed E-state index contributed by atoms with van der Waals surface area (Å²) in [7, 11) is 0. The van der Waals surface area contributed by atoms with Gasteiger partial charge in [-0.15, -0.1) is 12.4 Å². The van der Waals surface area contributed by atoms with Gasteiger partial charge in [-0.25, -0.2) is 4.39 Å². The SMILES string of the molecule is CC(C)(CNC(=O)c1n[nH]c2c1CNCC2)c1ccccc1F.Cl. The third-order valence-corrected chi connectivity index (χ3v) is 4.32. The Morgan fingerprint density at radius 1 is 1.38 bits per heavy atom. The van der Waals surface area contributed by atoms with Crippen LogP contribution in [0.5, 0.6) is 0 Å². The van der Waals surface area contributed by atoms with Crippen LogP contribution in [0, 0.1) is 5.82 Å². The number of rotatable bonds is 4. The number of nitrogens with one attached hydrogen (secondary N) is 3. The van der Waals surface area contributed by atoms with E-state index in [-0.39, 0.29) is 24.1 Å². The maximum Gasteiger partial charge on any atom is 0.272 e. The Morgan fingerprint density at radius 2 is 2.12 bits per heavy atom. The third-order valence-electron chi connectivity index (χ3n) is 4.32. The number of halogens is 2. The number of carbonyl (C=O) groups excluding carboxylic acids is 1. The summed E-state index contributed by atoms with van der Waals surface area (Å²) in [6.45, 7) is 5.68. The maximum atomic E-state index is 14.0. The molecule has 1 aliphatic heterocycles. The Hall–Kier alpha value is -1.92. The van der Waals surface area contributed by atoms with E-state index in [9.17, 15) is 9.18 Å². The zero-order valence-electron chi connectivity index (χ0n) is 13.8. The fourth-order valence-corrected chi connectivity index (χ4v) is 2.90. The molecule has 0 fully saturated rings. The van der Waals surface area contributed by atoms with Crippen molar-refractivity contribution in [2.45, 2.75) is 32.2 Å². The maximum absolute atomic E-state index is 14.0. The smallest absolute Gasteiger partial charge is 0.272 e. The van der Waals surface area contributed by atoms with E-state index in [2.05, 4.69) is 20.8 Å². The second-order valence-electron chi connectivity index (χ2n) is 6.50. The number of hydrogen-bond donors (Lipinski definition) is 3. The average Bonchev–Trinajstić information content (AvgIpc) is 2.97. The summed E-state index contributed by atoms with van der Waals surface area (Å²) < 4.78 is 14.0. The van der Waals surface area contributed by atoms with Crippen molar-refractivity contribution in [2.75, 3.05) is 13.1 Å². The first-order valence-corrected chi connectivity index (χ1v) is 7.79. The van der Waals surface area contributed by atoms with Crippen LogP contribution in [-0.2, 0) is 18.4 Å². The van der Waals surface area contributed by atoms with Gasteiger partial charge in [0.1, 0.15) is 5.82 Å². The monoisotopic (exact) mass is 352 g/mol. The Bertz CT molecular complexity index is 729. The minimum Gasteiger partial charge on any atom is -0.350 e. The zero-order chi connectivity index (χ0) is 16.4. The molecule has 0 bridgehead atoms. The summed E-state index contributed by atoms with van der Waals surface area (Å²) in [5, 5.41) is 13.2. The van der Waals surface area contributed by atoms with E-state index in [1.165, 1.54) is 6.07 Å². The lowest BCUT2D eigenvalue weighted by molar-refractivity contribution is 0.0939. The van der Waals surface area contributed by atoms with Gasteiger partial charge in [-0.05, 0) is 11.6 Å². The molecule has 1 amide bonds. The summed E-state index contributed by atoms with van der Waals surface area (Å²) in [6, 6.07) is 6.66. The van der Waals surface area contributed by atoms with Gasteiger partial charge < -0.3 is 10.6 Å². The summed E-state index contributed by atoms with van der Waals surface area (Å²) in [4.78, 5) is 12.4. The van der Waals surface area contributed by atoms with E-state index < -0.39 is 5.41 Å². The van der Waals surface area contributed by atoms with Gasteiger partial charge in [0.15, 0.2) is 5.69 Å². The summed E-state index contributed by atoms with van der Waals surface area (Å²) >= 11 is 0. The number of aromatic amines is 1. The van der Waals surface area contributed by atoms with Gasteiger partial charge in [0.25, 0.3) is 5.91 Å². The molecule has 24 heavy (non-hydrogen) atoms. The van der Waals surface area contributed by atoms with Crippen molar-refractivity contribution < 1.29 is 9.18 Å². The molecule has 0 saturated heterocycles. The molecule has 3 N–H and O–H groups in total. The normalized spacial score (nSPS) is 13.8. The summed E-state index contributed by atoms with van der Waals surface area (Å²) in [6.07, 6.45) is 0.844. The lowest BCUT2D eigenvalue weighted by Gasteiger charge is -2.26. The second-order valence-corrected chi connectivity index (χ2v) is 6.50. The van der Waals surface area contributed by atoms with Crippen LogP contribution < -0.4 is 10.6 Å². The molecule has 1 aromatic heterocycles. The summed E-state index contributed by atoms with van der Waals surface area (Å²) in [5.41, 5.74) is 2.46. The van der Waals surface area contributed by atoms with Crippen molar-refractivity contribution in [1.29, 1.82) is 0 Å². The van der Waals surface area contributed by atoms with Crippen molar-refractivity contribution in [3.63, 3.8) is 0 Å². The lowest BCUT2D eigenvalue weighted by atomic mass is 9.84. The number of hydrogen-bond acceptors (Lipinski definition) is 3. The van der Waals surface area contributed by atoms with E-state index in [1.807, 2.05) is 13.8 Å². The molecule has 0 spiro atoms. The highest BCUT2D eigenvalue weighted by molar-refractivity contribution is 5.94. The lowest BCUT2D eigenvalue weighted by Crippen LogP contribution is -2.38. The van der Waals surface area contributed by atoms with Gasteiger partial charge in [-0.2, -0.15) is 5.10 Å². The molecular weight excluding hydrogens is 331 g/mol. The molecule has 2 heterocycles. The average molecular weight is 353 g/mol. The number of nitrogens with zero attached hydrogens (tertiary/aromatic N) is 1. The van der Waals surface area contributed by atoms with Gasteiger partial charge in [0.05, 0.1) is 0 Å². The van der Waals surface area contributed by atoms with Gasteiger partial charge >= 0.3 is 0 Å². The molecule has 0 aliphatic carbocycles. The molecule has 5 nitrogen and oxygen atoms in total. The fraction of sp³-hybridized carbons (Fsp3) is 0.412. The molecule has 7 heteroatoms. The third kappa shape index (κ3) is 3.60. The van der Waals surface area contributed by atoms with Crippen LogP contribution in [-0.4, -0.2) is 29.2 Å².